The summed E-state index contributed by atoms with van der Waals surface area (Å²) < 4.78 is 5.66. The van der Waals surface area contributed by atoms with Crippen LogP contribution in [0.1, 0.15) is 0 Å². The Morgan fingerprint density at radius 3 is 2.27 bits per heavy atom. The lowest BCUT2D eigenvalue weighted by atomic mass is 10.4. The summed E-state index contributed by atoms with van der Waals surface area (Å²) in [5.74, 6) is 0. The van der Waals surface area contributed by atoms with Crippen molar-refractivity contribution in [3.8, 4) is 0 Å². The molecule has 0 heterocycles. The zero-order valence-electron chi connectivity index (χ0n) is 7.29. The molecule has 0 amide bonds. The van der Waals surface area contributed by atoms with Crippen molar-refractivity contribution in [3.63, 3.8) is 0 Å². The van der Waals surface area contributed by atoms with Crippen LogP contribution in [-0.2, 0) is 4.12 Å². The van der Waals surface area contributed by atoms with Crippen molar-refractivity contribution in [2.24, 2.45) is 0 Å². The molecule has 1 atom stereocenters. The van der Waals surface area contributed by atoms with Crippen molar-refractivity contribution in [3.05, 3.63) is 30.3 Å². The normalized spacial score (nSPS) is 16.5. The molecule has 0 aliphatic rings. The maximum absolute atomic E-state index is 5.66. The van der Waals surface area contributed by atoms with Crippen LogP contribution in [-0.4, -0.2) is 28.1 Å². The van der Waals surface area contributed by atoms with E-state index >= 15 is 0 Å². The second-order valence-electron chi connectivity index (χ2n) is 3.08. The van der Waals surface area contributed by atoms with E-state index in [1.165, 1.54) is 14.9 Å². The molecule has 0 fully saturated rings. The van der Waals surface area contributed by atoms with E-state index in [9.17, 15) is 0 Å². The minimum absolute atomic E-state index is 0.879. The SMILES string of the molecule is C[Si]([SiH3])(O[SiH3])c1ccccc1. The van der Waals surface area contributed by atoms with Gasteiger partial charge in [0.2, 0.25) is 0 Å². The smallest absolute Gasteiger partial charge is 0.182 e. The van der Waals surface area contributed by atoms with Gasteiger partial charge in [0.05, 0.1) is 0 Å². The summed E-state index contributed by atoms with van der Waals surface area (Å²) in [6.45, 7) is 2.29. The van der Waals surface area contributed by atoms with Gasteiger partial charge in [0.15, 0.2) is 7.83 Å². The van der Waals surface area contributed by atoms with Crippen molar-refractivity contribution >= 4 is 33.3 Å². The maximum Gasteiger partial charge on any atom is 0.182 e. The third kappa shape index (κ3) is 2.13. The molecule has 0 aliphatic heterocycles. The fraction of sp³-hybridized carbons (Fsp3) is 0.143. The van der Waals surface area contributed by atoms with Gasteiger partial charge in [-0.2, -0.15) is 0 Å². The Hall–Kier alpha value is -0.169. The number of hydrogen-bond donors (Lipinski definition) is 0. The summed E-state index contributed by atoms with van der Waals surface area (Å²) in [4.78, 5) is 0. The van der Waals surface area contributed by atoms with Gasteiger partial charge < -0.3 is 4.12 Å². The maximum atomic E-state index is 5.66. The van der Waals surface area contributed by atoms with E-state index in [1.54, 1.807) is 0 Å². The largest absolute Gasteiger partial charge is 0.463 e. The van der Waals surface area contributed by atoms with E-state index in [-0.39, 0.29) is 0 Å². The molecule has 1 nitrogen and oxygen atoms in total. The van der Waals surface area contributed by atoms with Crippen molar-refractivity contribution in [1.29, 1.82) is 0 Å². The zero-order valence-corrected chi connectivity index (χ0v) is 12.3. The van der Waals surface area contributed by atoms with Crippen molar-refractivity contribution in [1.82, 2.24) is 0 Å². The van der Waals surface area contributed by atoms with Gasteiger partial charge in [0.25, 0.3) is 0 Å². The highest BCUT2D eigenvalue weighted by Crippen LogP contribution is 1.97. The summed E-state index contributed by atoms with van der Waals surface area (Å²) >= 11 is 0. The topological polar surface area (TPSA) is 9.23 Å². The van der Waals surface area contributed by atoms with Gasteiger partial charge in [-0.05, 0) is 11.7 Å². The summed E-state index contributed by atoms with van der Waals surface area (Å²) in [6, 6.07) is 10.6. The van der Waals surface area contributed by atoms with Gasteiger partial charge in [-0.3, -0.25) is 0 Å². The molecule has 1 aromatic carbocycles. The van der Waals surface area contributed by atoms with Gasteiger partial charge in [-0.25, -0.2) is 0 Å². The minimum Gasteiger partial charge on any atom is -0.463 e. The fourth-order valence-corrected chi connectivity index (χ4v) is 3.90. The molecule has 60 valence electrons. The Morgan fingerprint density at radius 2 is 1.82 bits per heavy atom. The van der Waals surface area contributed by atoms with E-state index in [0.717, 1.165) is 10.5 Å². The highest BCUT2D eigenvalue weighted by molar-refractivity contribution is 7.21. The van der Waals surface area contributed by atoms with E-state index in [1.807, 2.05) is 0 Å². The molecule has 1 unspecified atom stereocenters. The lowest BCUT2D eigenvalue weighted by Gasteiger charge is -2.21. The Morgan fingerprint density at radius 1 is 1.27 bits per heavy atom. The molecule has 0 aromatic heterocycles. The van der Waals surface area contributed by atoms with Crippen LogP contribution >= 0.6 is 0 Å². The standard InChI is InChI=1S/C7H14OSi3/c1-11(10,8-9)7-5-3-2-4-6-7/h2-6H,1,9-10H3. The summed E-state index contributed by atoms with van der Waals surface area (Å²) in [6.07, 6.45) is 0. The Labute approximate surface area is 74.7 Å². The number of hydrogen-bond acceptors (Lipinski definition) is 1. The van der Waals surface area contributed by atoms with Crippen molar-refractivity contribution in [2.75, 3.05) is 0 Å². The van der Waals surface area contributed by atoms with Crippen molar-refractivity contribution in [2.45, 2.75) is 6.55 Å². The van der Waals surface area contributed by atoms with Gasteiger partial charge in [0, 0.05) is 9.76 Å². The number of rotatable bonds is 2. The third-order valence-electron chi connectivity index (χ3n) is 1.98. The zero-order chi connectivity index (χ0) is 8.32. The van der Waals surface area contributed by atoms with Gasteiger partial charge in [-0.1, -0.05) is 30.3 Å². The Bertz CT molecular complexity index is 222. The first-order valence-electron chi connectivity index (χ1n) is 3.77. The van der Waals surface area contributed by atoms with Gasteiger partial charge in [-0.15, -0.1) is 0 Å². The first kappa shape index (κ1) is 8.92. The molecule has 11 heavy (non-hydrogen) atoms. The Balaban J connectivity index is 2.93. The van der Waals surface area contributed by atoms with E-state index < -0.39 is 7.83 Å². The molecular weight excluding hydrogens is 184 g/mol. The molecule has 4 heteroatoms. The predicted molar refractivity (Wildman–Crippen MR) is 58.7 cm³/mol. The fourth-order valence-electron chi connectivity index (χ4n) is 0.957. The highest BCUT2D eigenvalue weighted by atomic mass is 29.2. The summed E-state index contributed by atoms with van der Waals surface area (Å²) in [5, 5.41) is 1.45. The van der Waals surface area contributed by atoms with Crippen molar-refractivity contribution < 1.29 is 4.12 Å². The molecular formula is C7H14OSi3. The summed E-state index contributed by atoms with van der Waals surface area (Å²) in [5.41, 5.74) is 0. The quantitative estimate of drug-likeness (QED) is 0.533. The first-order valence-corrected chi connectivity index (χ1v) is 10.5. The first-order chi connectivity index (χ1) is 5.17. The van der Waals surface area contributed by atoms with Crippen LogP contribution in [0.2, 0.25) is 6.55 Å². The average Bonchev–Trinajstić information content (AvgIpc) is 2.06. The monoisotopic (exact) mass is 198 g/mol. The highest BCUT2D eigenvalue weighted by Gasteiger charge is 2.21. The van der Waals surface area contributed by atoms with Crippen LogP contribution < -0.4 is 5.19 Å². The predicted octanol–water partition coefficient (Wildman–Crippen LogP) is -1.37. The lowest BCUT2D eigenvalue weighted by Crippen LogP contribution is -2.48. The molecule has 0 saturated heterocycles. The van der Waals surface area contributed by atoms with E-state index in [2.05, 4.69) is 36.9 Å². The average molecular weight is 198 g/mol. The third-order valence-corrected chi connectivity index (χ3v) is 13.2. The van der Waals surface area contributed by atoms with Crippen LogP contribution in [0.4, 0.5) is 0 Å². The van der Waals surface area contributed by atoms with E-state index in [0.29, 0.717) is 0 Å². The molecule has 1 rings (SSSR count). The minimum atomic E-state index is -1.35. The molecule has 0 bridgehead atoms. The molecule has 0 saturated carbocycles. The van der Waals surface area contributed by atoms with Crippen LogP contribution in [0, 0.1) is 0 Å². The Kier molecular flexibility index (Phi) is 2.83. The molecule has 0 N–H and O–H groups in total. The van der Waals surface area contributed by atoms with Crippen LogP contribution in [0.25, 0.3) is 0 Å². The summed E-state index contributed by atoms with van der Waals surface area (Å²) in [7, 11) is 0.714. The molecule has 0 spiro atoms. The molecule has 0 aliphatic carbocycles. The van der Waals surface area contributed by atoms with Crippen LogP contribution in [0.15, 0.2) is 30.3 Å². The lowest BCUT2D eigenvalue weighted by molar-refractivity contribution is 0.644. The number of benzene rings is 1. The van der Waals surface area contributed by atoms with Gasteiger partial charge >= 0.3 is 0 Å². The van der Waals surface area contributed by atoms with Crippen LogP contribution in [0.5, 0.6) is 0 Å². The molecule has 0 radical (unpaired) electrons. The molecule has 1 aromatic rings. The second-order valence-corrected chi connectivity index (χ2v) is 14.0. The van der Waals surface area contributed by atoms with Gasteiger partial charge in [0.1, 0.15) is 10.5 Å². The van der Waals surface area contributed by atoms with Crippen LogP contribution in [0.3, 0.4) is 0 Å². The van der Waals surface area contributed by atoms with E-state index in [4.69, 9.17) is 4.12 Å². The second kappa shape index (κ2) is 3.49.